The molecule has 0 amide bonds. The maximum absolute atomic E-state index is 3.46. The Morgan fingerprint density at radius 2 is 1.80 bits per heavy atom. The van der Waals surface area contributed by atoms with Gasteiger partial charge in [-0.15, -0.1) is 0 Å². The maximum Gasteiger partial charge on any atom is 0.00500 e. The van der Waals surface area contributed by atoms with E-state index < -0.39 is 0 Å². The van der Waals surface area contributed by atoms with Crippen LogP contribution in [0.5, 0.6) is 0 Å². The molecule has 0 aliphatic heterocycles. The van der Waals surface area contributed by atoms with Crippen LogP contribution in [0.25, 0.3) is 0 Å². The highest BCUT2D eigenvalue weighted by Crippen LogP contribution is 2.39. The van der Waals surface area contributed by atoms with E-state index in [2.05, 4.69) is 50.1 Å². The molecule has 1 rings (SSSR count). The van der Waals surface area contributed by atoms with Crippen LogP contribution in [0, 0.1) is 11.3 Å². The zero-order chi connectivity index (χ0) is 15.0. The van der Waals surface area contributed by atoms with Gasteiger partial charge in [0, 0.05) is 13.1 Å². The average molecular weight is 284 g/mol. The predicted molar refractivity (Wildman–Crippen MR) is 89.3 cm³/mol. The van der Waals surface area contributed by atoms with E-state index in [-0.39, 0.29) is 0 Å². The number of nitrogens with one attached hydrogen (secondary N) is 1. The first-order valence-corrected chi connectivity index (χ1v) is 8.53. The summed E-state index contributed by atoms with van der Waals surface area (Å²) < 4.78 is 0. The Morgan fingerprint density at radius 1 is 1.15 bits per heavy atom. The normalized spacial score (nSPS) is 27.4. The third-order valence-electron chi connectivity index (χ3n) is 4.97. The summed E-state index contributed by atoms with van der Waals surface area (Å²) >= 11 is 0. The molecule has 0 aromatic rings. The zero-order valence-corrected chi connectivity index (χ0v) is 14.5. The van der Waals surface area contributed by atoms with Gasteiger partial charge in [-0.2, -0.15) is 0 Å². The Morgan fingerprint density at radius 3 is 2.30 bits per heavy atom. The Hall–Kier alpha value is -0.120. The van der Waals surface area contributed by atoms with Crippen molar-refractivity contribution in [1.29, 1.82) is 0 Å². The molecule has 0 atom stereocenters. The van der Waals surface area contributed by atoms with Crippen LogP contribution >= 0.6 is 0 Å². The van der Waals surface area contributed by atoms with Crippen LogP contribution in [-0.2, 0) is 0 Å². The minimum Gasteiger partial charge on any atom is -0.319 e. The third-order valence-corrected chi connectivity index (χ3v) is 4.97. The highest BCUT2D eigenvalue weighted by Gasteiger charge is 2.34. The van der Waals surface area contributed by atoms with Crippen molar-refractivity contribution in [3.8, 4) is 0 Å². The van der Waals surface area contributed by atoms with E-state index in [0.29, 0.717) is 5.41 Å². The van der Waals surface area contributed by atoms with Gasteiger partial charge in [0.25, 0.3) is 0 Å². The van der Waals surface area contributed by atoms with E-state index in [9.17, 15) is 0 Å². The van der Waals surface area contributed by atoms with Crippen LogP contribution < -0.4 is 5.32 Å². The third kappa shape index (κ3) is 6.11. The summed E-state index contributed by atoms with van der Waals surface area (Å²) in [5.41, 5.74) is 0.523. The zero-order valence-electron chi connectivity index (χ0n) is 14.5. The molecule has 0 radical (unpaired) electrons. The lowest BCUT2D eigenvalue weighted by Gasteiger charge is -2.43. The second kappa shape index (κ2) is 9.01. The fourth-order valence-corrected chi connectivity index (χ4v) is 3.57. The van der Waals surface area contributed by atoms with Gasteiger partial charge in [-0.1, -0.05) is 26.7 Å². The fraction of sp³-hybridized carbons (Fsp3) is 1.00. The van der Waals surface area contributed by atoms with Crippen molar-refractivity contribution in [1.82, 2.24) is 15.1 Å². The smallest absolute Gasteiger partial charge is 0.00500 e. The van der Waals surface area contributed by atoms with Crippen LogP contribution in [-0.4, -0.2) is 63.7 Å². The van der Waals surface area contributed by atoms with Gasteiger partial charge in [0.15, 0.2) is 0 Å². The Labute approximate surface area is 127 Å². The molecule has 3 heteroatoms. The molecule has 0 spiro atoms. The van der Waals surface area contributed by atoms with E-state index in [1.165, 1.54) is 64.8 Å². The molecule has 120 valence electrons. The molecule has 3 nitrogen and oxygen atoms in total. The molecule has 1 saturated carbocycles. The fourth-order valence-electron chi connectivity index (χ4n) is 3.57. The molecule has 0 aromatic carbocycles. The summed E-state index contributed by atoms with van der Waals surface area (Å²) in [6.45, 7) is 10.8. The van der Waals surface area contributed by atoms with Crippen molar-refractivity contribution in [3.63, 3.8) is 0 Å². The average Bonchev–Trinajstić information content (AvgIpc) is 2.41. The first-order chi connectivity index (χ1) is 9.51. The molecule has 0 bridgehead atoms. The van der Waals surface area contributed by atoms with E-state index in [4.69, 9.17) is 0 Å². The topological polar surface area (TPSA) is 18.5 Å². The highest BCUT2D eigenvalue weighted by atomic mass is 15.1. The van der Waals surface area contributed by atoms with Gasteiger partial charge < -0.3 is 15.1 Å². The predicted octanol–water partition coefficient (Wildman–Crippen LogP) is 2.68. The number of hydrogen-bond acceptors (Lipinski definition) is 3. The number of nitrogens with zero attached hydrogens (tertiary/aromatic N) is 2. The molecule has 0 heterocycles. The number of hydrogen-bond donors (Lipinski definition) is 1. The first-order valence-electron chi connectivity index (χ1n) is 8.53. The highest BCUT2D eigenvalue weighted by molar-refractivity contribution is 4.89. The summed E-state index contributed by atoms with van der Waals surface area (Å²) in [7, 11) is 6.45. The summed E-state index contributed by atoms with van der Waals surface area (Å²) in [5.74, 6) is 0.934. The standard InChI is InChI=1S/C17H37N3/c1-6-20(13-7-12-19(4)5)15-17(14-18-3)10-8-16(2)9-11-17/h16,18H,6-15H2,1-5H3. The molecule has 1 aliphatic rings. The SMILES string of the molecule is CCN(CCCN(C)C)CC1(CNC)CCC(C)CC1. The summed E-state index contributed by atoms with van der Waals surface area (Å²) in [4.78, 5) is 4.97. The van der Waals surface area contributed by atoms with Crippen LogP contribution in [0.4, 0.5) is 0 Å². The molecule has 0 unspecified atom stereocenters. The molecule has 0 saturated heterocycles. The van der Waals surface area contributed by atoms with Gasteiger partial charge in [0.05, 0.1) is 0 Å². The maximum atomic E-state index is 3.46. The quantitative estimate of drug-likeness (QED) is 0.702. The largest absolute Gasteiger partial charge is 0.319 e. The molecule has 1 fully saturated rings. The van der Waals surface area contributed by atoms with Gasteiger partial charge in [-0.05, 0) is 71.4 Å². The number of rotatable bonds is 9. The molecular formula is C17H37N3. The second-order valence-electron chi connectivity index (χ2n) is 7.24. The van der Waals surface area contributed by atoms with Gasteiger partial charge >= 0.3 is 0 Å². The van der Waals surface area contributed by atoms with E-state index in [0.717, 1.165) is 5.92 Å². The van der Waals surface area contributed by atoms with Crippen LogP contribution in [0.3, 0.4) is 0 Å². The monoisotopic (exact) mass is 283 g/mol. The Balaban J connectivity index is 2.49. The van der Waals surface area contributed by atoms with Gasteiger partial charge in [-0.3, -0.25) is 0 Å². The van der Waals surface area contributed by atoms with Crippen molar-refractivity contribution in [2.24, 2.45) is 11.3 Å². The summed E-state index contributed by atoms with van der Waals surface area (Å²) in [5, 5.41) is 3.46. The first kappa shape index (κ1) is 17.9. The minimum absolute atomic E-state index is 0.523. The minimum atomic E-state index is 0.523. The van der Waals surface area contributed by atoms with Crippen LogP contribution in [0.1, 0.15) is 46.0 Å². The Kier molecular flexibility index (Phi) is 8.08. The molecule has 1 N–H and O–H groups in total. The van der Waals surface area contributed by atoms with Gasteiger partial charge in [-0.25, -0.2) is 0 Å². The lowest BCUT2D eigenvalue weighted by Crippen LogP contribution is -2.46. The van der Waals surface area contributed by atoms with E-state index in [1.807, 2.05) is 0 Å². The van der Waals surface area contributed by atoms with Crippen molar-refractivity contribution >= 4 is 0 Å². The van der Waals surface area contributed by atoms with Crippen LogP contribution in [0.15, 0.2) is 0 Å². The van der Waals surface area contributed by atoms with E-state index in [1.54, 1.807) is 0 Å². The van der Waals surface area contributed by atoms with E-state index >= 15 is 0 Å². The van der Waals surface area contributed by atoms with Gasteiger partial charge in [0.2, 0.25) is 0 Å². The Bertz CT molecular complexity index is 245. The molecule has 0 aromatic heterocycles. The van der Waals surface area contributed by atoms with Crippen LogP contribution in [0.2, 0.25) is 0 Å². The molecular weight excluding hydrogens is 246 g/mol. The van der Waals surface area contributed by atoms with Crippen molar-refractivity contribution in [3.05, 3.63) is 0 Å². The van der Waals surface area contributed by atoms with Crippen molar-refractivity contribution in [2.45, 2.75) is 46.0 Å². The molecule has 1 aliphatic carbocycles. The second-order valence-corrected chi connectivity index (χ2v) is 7.24. The van der Waals surface area contributed by atoms with Crippen molar-refractivity contribution < 1.29 is 0 Å². The van der Waals surface area contributed by atoms with Gasteiger partial charge in [0.1, 0.15) is 0 Å². The lowest BCUT2D eigenvalue weighted by atomic mass is 9.70. The molecule has 20 heavy (non-hydrogen) atoms. The summed E-state index contributed by atoms with van der Waals surface area (Å²) in [6, 6.07) is 0. The van der Waals surface area contributed by atoms with Crippen molar-refractivity contribution in [2.75, 3.05) is 53.9 Å². The summed E-state index contributed by atoms with van der Waals surface area (Å²) in [6.07, 6.45) is 6.92. The lowest BCUT2D eigenvalue weighted by molar-refractivity contribution is 0.0890.